The SMILES string of the molecule is CC(C)CNc1ccc(S(=O)(=O)N2CCOCC2)cc1[N+](=O)[O-]. The van der Waals surface area contributed by atoms with Gasteiger partial charge in [0.15, 0.2) is 0 Å². The van der Waals surface area contributed by atoms with Crippen LogP contribution in [-0.4, -0.2) is 50.5 Å². The number of nitrogens with zero attached hydrogens (tertiary/aromatic N) is 2. The molecule has 9 heteroatoms. The first-order valence-corrected chi connectivity index (χ1v) is 8.86. The number of sulfonamides is 1. The molecule has 1 aliphatic heterocycles. The highest BCUT2D eigenvalue weighted by atomic mass is 32.2. The normalized spacial score (nSPS) is 16.5. The number of nitro benzene ring substituents is 1. The molecule has 1 aliphatic rings. The van der Waals surface area contributed by atoms with Crippen LogP contribution in [0.5, 0.6) is 0 Å². The van der Waals surface area contributed by atoms with E-state index in [-0.39, 0.29) is 23.7 Å². The van der Waals surface area contributed by atoms with E-state index in [1.807, 2.05) is 13.8 Å². The van der Waals surface area contributed by atoms with E-state index < -0.39 is 14.9 Å². The first kappa shape index (κ1) is 17.6. The van der Waals surface area contributed by atoms with E-state index >= 15 is 0 Å². The number of benzene rings is 1. The van der Waals surface area contributed by atoms with Crippen LogP contribution in [-0.2, 0) is 14.8 Å². The van der Waals surface area contributed by atoms with Gasteiger partial charge in [0.25, 0.3) is 5.69 Å². The summed E-state index contributed by atoms with van der Waals surface area (Å²) in [5.41, 5.74) is 0.0876. The number of rotatable bonds is 6. The van der Waals surface area contributed by atoms with Gasteiger partial charge in [0, 0.05) is 25.7 Å². The molecule has 1 aromatic carbocycles. The maximum atomic E-state index is 12.6. The molecule has 8 nitrogen and oxygen atoms in total. The molecule has 0 amide bonds. The zero-order valence-electron chi connectivity index (χ0n) is 13.2. The summed E-state index contributed by atoms with van der Waals surface area (Å²) in [6.45, 7) is 5.69. The quantitative estimate of drug-likeness (QED) is 0.623. The molecule has 1 fully saturated rings. The lowest BCUT2D eigenvalue weighted by Crippen LogP contribution is -2.40. The molecule has 0 aliphatic carbocycles. The fourth-order valence-corrected chi connectivity index (χ4v) is 3.65. The van der Waals surface area contributed by atoms with Crippen molar-refractivity contribution in [2.24, 2.45) is 5.92 Å². The molecule has 1 heterocycles. The maximum absolute atomic E-state index is 12.6. The fraction of sp³-hybridized carbons (Fsp3) is 0.571. The van der Waals surface area contributed by atoms with Gasteiger partial charge in [-0.25, -0.2) is 8.42 Å². The molecular weight excluding hydrogens is 322 g/mol. The third kappa shape index (κ3) is 4.18. The molecule has 128 valence electrons. The Hall–Kier alpha value is -1.71. The topological polar surface area (TPSA) is 102 Å². The minimum Gasteiger partial charge on any atom is -0.379 e. The highest BCUT2D eigenvalue weighted by Crippen LogP contribution is 2.29. The van der Waals surface area contributed by atoms with Crippen LogP contribution in [0.2, 0.25) is 0 Å². The van der Waals surface area contributed by atoms with Crippen LogP contribution in [0.4, 0.5) is 11.4 Å². The average Bonchev–Trinajstić information content (AvgIpc) is 2.53. The Labute approximate surface area is 135 Å². The molecule has 0 spiro atoms. The second kappa shape index (κ2) is 7.24. The summed E-state index contributed by atoms with van der Waals surface area (Å²) in [6.07, 6.45) is 0. The third-order valence-corrected chi connectivity index (χ3v) is 5.37. The van der Waals surface area contributed by atoms with Crippen LogP contribution in [0.1, 0.15) is 13.8 Å². The van der Waals surface area contributed by atoms with Gasteiger partial charge in [-0.15, -0.1) is 0 Å². The minimum atomic E-state index is -3.74. The van der Waals surface area contributed by atoms with Crippen molar-refractivity contribution in [1.82, 2.24) is 4.31 Å². The molecular formula is C14H21N3O5S. The van der Waals surface area contributed by atoms with E-state index in [1.54, 1.807) is 0 Å². The molecule has 0 radical (unpaired) electrons. The van der Waals surface area contributed by atoms with Crippen molar-refractivity contribution in [3.63, 3.8) is 0 Å². The number of hydrogen-bond donors (Lipinski definition) is 1. The van der Waals surface area contributed by atoms with Crippen molar-refractivity contribution < 1.29 is 18.1 Å². The average molecular weight is 343 g/mol. The van der Waals surface area contributed by atoms with Crippen LogP contribution in [0.15, 0.2) is 23.1 Å². The molecule has 23 heavy (non-hydrogen) atoms. The Kier molecular flexibility index (Phi) is 5.55. The Morgan fingerprint density at radius 1 is 1.35 bits per heavy atom. The highest BCUT2D eigenvalue weighted by Gasteiger charge is 2.28. The number of ether oxygens (including phenoxy) is 1. The highest BCUT2D eigenvalue weighted by molar-refractivity contribution is 7.89. The van der Waals surface area contributed by atoms with E-state index in [9.17, 15) is 18.5 Å². The van der Waals surface area contributed by atoms with Crippen molar-refractivity contribution in [3.8, 4) is 0 Å². The molecule has 1 N–H and O–H groups in total. The lowest BCUT2D eigenvalue weighted by Gasteiger charge is -2.26. The van der Waals surface area contributed by atoms with Crippen molar-refractivity contribution >= 4 is 21.4 Å². The monoisotopic (exact) mass is 343 g/mol. The predicted octanol–water partition coefficient (Wildman–Crippen LogP) is 1.68. The summed E-state index contributed by atoms with van der Waals surface area (Å²) in [6, 6.07) is 3.97. The van der Waals surface area contributed by atoms with Crippen molar-refractivity contribution in [2.75, 3.05) is 38.2 Å². The summed E-state index contributed by atoms with van der Waals surface area (Å²) in [4.78, 5) is 10.6. The number of morpholine rings is 1. The van der Waals surface area contributed by atoms with Gasteiger partial charge in [-0.05, 0) is 18.1 Å². The van der Waals surface area contributed by atoms with E-state index in [0.29, 0.717) is 31.4 Å². The van der Waals surface area contributed by atoms with Crippen LogP contribution >= 0.6 is 0 Å². The molecule has 0 unspecified atom stereocenters. The molecule has 1 saturated heterocycles. The van der Waals surface area contributed by atoms with Crippen molar-refractivity contribution in [1.29, 1.82) is 0 Å². The van der Waals surface area contributed by atoms with Crippen LogP contribution in [0, 0.1) is 16.0 Å². The van der Waals surface area contributed by atoms with E-state index in [0.717, 1.165) is 6.07 Å². The molecule has 0 bridgehead atoms. The van der Waals surface area contributed by atoms with Gasteiger partial charge in [-0.3, -0.25) is 10.1 Å². The van der Waals surface area contributed by atoms with Gasteiger partial charge < -0.3 is 10.1 Å². The van der Waals surface area contributed by atoms with Gasteiger partial charge in [-0.1, -0.05) is 13.8 Å². The zero-order valence-corrected chi connectivity index (χ0v) is 14.0. The van der Waals surface area contributed by atoms with Gasteiger partial charge in [-0.2, -0.15) is 4.31 Å². The second-order valence-electron chi connectivity index (χ2n) is 5.73. The third-order valence-electron chi connectivity index (χ3n) is 3.47. The van der Waals surface area contributed by atoms with Crippen molar-refractivity contribution in [2.45, 2.75) is 18.7 Å². The Morgan fingerprint density at radius 3 is 2.57 bits per heavy atom. The van der Waals surface area contributed by atoms with Crippen LogP contribution in [0.25, 0.3) is 0 Å². The summed E-state index contributed by atoms with van der Waals surface area (Å²) in [7, 11) is -3.74. The molecule has 1 aromatic rings. The largest absolute Gasteiger partial charge is 0.379 e. The zero-order chi connectivity index (χ0) is 17.0. The van der Waals surface area contributed by atoms with Crippen LogP contribution in [0.3, 0.4) is 0 Å². The number of hydrogen-bond acceptors (Lipinski definition) is 6. The number of nitrogens with one attached hydrogen (secondary N) is 1. The minimum absolute atomic E-state index is 0.0683. The van der Waals surface area contributed by atoms with Gasteiger partial charge in [0.2, 0.25) is 10.0 Å². The lowest BCUT2D eigenvalue weighted by atomic mass is 10.2. The number of nitro groups is 1. The lowest BCUT2D eigenvalue weighted by molar-refractivity contribution is -0.384. The van der Waals surface area contributed by atoms with E-state index in [1.165, 1.54) is 16.4 Å². The van der Waals surface area contributed by atoms with Gasteiger partial charge >= 0.3 is 0 Å². The summed E-state index contributed by atoms with van der Waals surface area (Å²) < 4.78 is 31.6. The summed E-state index contributed by atoms with van der Waals surface area (Å²) in [5, 5.41) is 14.2. The first-order chi connectivity index (χ1) is 10.8. The predicted molar refractivity (Wildman–Crippen MR) is 86.0 cm³/mol. The standard InChI is InChI=1S/C14H21N3O5S/c1-11(2)10-15-13-4-3-12(9-14(13)17(18)19)23(20,21)16-5-7-22-8-6-16/h3-4,9,11,15H,5-8,10H2,1-2H3. The summed E-state index contributed by atoms with van der Waals surface area (Å²) >= 11 is 0. The van der Waals surface area contributed by atoms with E-state index in [4.69, 9.17) is 4.74 Å². The Bertz CT molecular complexity index is 669. The van der Waals surface area contributed by atoms with Gasteiger partial charge in [0.05, 0.1) is 23.0 Å². The summed E-state index contributed by atoms with van der Waals surface area (Å²) in [5.74, 6) is 0.311. The van der Waals surface area contributed by atoms with Crippen LogP contribution < -0.4 is 5.32 Å². The molecule has 2 rings (SSSR count). The Balaban J connectivity index is 2.32. The first-order valence-electron chi connectivity index (χ1n) is 7.42. The maximum Gasteiger partial charge on any atom is 0.293 e. The molecule has 0 aromatic heterocycles. The van der Waals surface area contributed by atoms with Crippen molar-refractivity contribution in [3.05, 3.63) is 28.3 Å². The number of anilines is 1. The fourth-order valence-electron chi connectivity index (χ4n) is 2.22. The molecule has 0 saturated carbocycles. The smallest absolute Gasteiger partial charge is 0.293 e. The van der Waals surface area contributed by atoms with Gasteiger partial charge in [0.1, 0.15) is 5.69 Å². The molecule has 0 atom stereocenters. The Morgan fingerprint density at radius 2 is 2.00 bits per heavy atom. The second-order valence-corrected chi connectivity index (χ2v) is 7.67. The van der Waals surface area contributed by atoms with E-state index in [2.05, 4.69) is 5.32 Å².